The molecule has 2 unspecified atom stereocenters. The molecule has 0 aliphatic carbocycles. The largest absolute Gasteiger partial charge is 0.383 e. The molecule has 1 fully saturated rings. The SMILES string of the molecule is CCCc1nc(N)c(C)c(NN2C(C)CCCC2C)n1. The van der Waals surface area contributed by atoms with Gasteiger partial charge in [0.1, 0.15) is 17.5 Å². The van der Waals surface area contributed by atoms with Gasteiger partial charge in [0, 0.05) is 24.1 Å². The number of anilines is 2. The number of nitrogens with zero attached hydrogens (tertiary/aromatic N) is 3. The zero-order valence-corrected chi connectivity index (χ0v) is 13.1. The lowest BCUT2D eigenvalue weighted by Crippen LogP contribution is -2.47. The summed E-state index contributed by atoms with van der Waals surface area (Å²) in [6.45, 7) is 8.62. The third-order valence-electron chi connectivity index (χ3n) is 4.13. The van der Waals surface area contributed by atoms with Gasteiger partial charge in [-0.3, -0.25) is 0 Å². The molecule has 1 aromatic heterocycles. The third-order valence-corrected chi connectivity index (χ3v) is 4.13. The summed E-state index contributed by atoms with van der Waals surface area (Å²) in [6.07, 6.45) is 5.63. The minimum absolute atomic E-state index is 0.518. The summed E-state index contributed by atoms with van der Waals surface area (Å²) in [6, 6.07) is 1.04. The summed E-state index contributed by atoms with van der Waals surface area (Å²) >= 11 is 0. The number of nitrogens with two attached hydrogens (primary N) is 1. The van der Waals surface area contributed by atoms with Gasteiger partial charge < -0.3 is 11.2 Å². The molecule has 5 nitrogen and oxygen atoms in total. The van der Waals surface area contributed by atoms with E-state index in [4.69, 9.17) is 5.73 Å². The Labute approximate surface area is 121 Å². The molecule has 0 radical (unpaired) electrons. The summed E-state index contributed by atoms with van der Waals surface area (Å²) in [5, 5.41) is 2.31. The first-order valence-corrected chi connectivity index (χ1v) is 7.70. The maximum Gasteiger partial charge on any atom is 0.149 e. The average Bonchev–Trinajstić information content (AvgIpc) is 2.39. The fourth-order valence-electron chi connectivity index (χ4n) is 2.79. The minimum atomic E-state index is 0.518. The number of hydrogen-bond acceptors (Lipinski definition) is 5. The van der Waals surface area contributed by atoms with Crippen LogP contribution in [-0.4, -0.2) is 27.1 Å². The van der Waals surface area contributed by atoms with Crippen molar-refractivity contribution in [2.24, 2.45) is 0 Å². The number of nitrogens with one attached hydrogen (secondary N) is 1. The van der Waals surface area contributed by atoms with Gasteiger partial charge in [-0.15, -0.1) is 0 Å². The maximum atomic E-state index is 6.02. The van der Waals surface area contributed by atoms with Crippen LogP contribution in [0, 0.1) is 6.92 Å². The standard InChI is InChI=1S/C15H27N5/c1-5-7-13-17-14(16)12(4)15(18-13)19-20-10(2)8-6-9-11(20)3/h10-11H,5-9H2,1-4H3,(H3,16,17,18,19). The molecule has 3 N–H and O–H groups in total. The van der Waals surface area contributed by atoms with E-state index < -0.39 is 0 Å². The fourth-order valence-corrected chi connectivity index (χ4v) is 2.79. The monoisotopic (exact) mass is 277 g/mol. The maximum absolute atomic E-state index is 6.02. The molecule has 2 atom stereocenters. The second-order valence-corrected chi connectivity index (χ2v) is 5.90. The Morgan fingerprint density at radius 1 is 1.25 bits per heavy atom. The first-order chi connectivity index (χ1) is 9.52. The number of piperidine rings is 1. The molecule has 1 saturated heterocycles. The van der Waals surface area contributed by atoms with Gasteiger partial charge >= 0.3 is 0 Å². The average molecular weight is 277 g/mol. The minimum Gasteiger partial charge on any atom is -0.383 e. The van der Waals surface area contributed by atoms with Gasteiger partial charge in [0.2, 0.25) is 0 Å². The molecule has 5 heteroatoms. The van der Waals surface area contributed by atoms with Crippen LogP contribution >= 0.6 is 0 Å². The molecular formula is C15H27N5. The molecule has 20 heavy (non-hydrogen) atoms. The molecule has 1 aliphatic rings. The number of rotatable bonds is 4. The number of hydrazine groups is 1. The van der Waals surface area contributed by atoms with Crippen LogP contribution in [0.4, 0.5) is 11.6 Å². The molecule has 2 heterocycles. The molecule has 1 aromatic rings. The highest BCUT2D eigenvalue weighted by Gasteiger charge is 2.25. The Morgan fingerprint density at radius 2 is 1.90 bits per heavy atom. The summed E-state index contributed by atoms with van der Waals surface area (Å²) < 4.78 is 0. The van der Waals surface area contributed by atoms with Crippen LogP contribution in [0.2, 0.25) is 0 Å². The first kappa shape index (κ1) is 15.0. The molecule has 112 valence electrons. The lowest BCUT2D eigenvalue weighted by molar-refractivity contribution is 0.135. The summed E-state index contributed by atoms with van der Waals surface area (Å²) in [4.78, 5) is 9.00. The van der Waals surface area contributed by atoms with Crippen LogP contribution < -0.4 is 11.2 Å². The van der Waals surface area contributed by atoms with Crippen molar-refractivity contribution in [3.05, 3.63) is 11.4 Å². The van der Waals surface area contributed by atoms with Crippen molar-refractivity contribution in [2.75, 3.05) is 11.2 Å². The Morgan fingerprint density at radius 3 is 2.50 bits per heavy atom. The second kappa shape index (κ2) is 6.39. The van der Waals surface area contributed by atoms with Crippen molar-refractivity contribution in [1.82, 2.24) is 15.0 Å². The van der Waals surface area contributed by atoms with Crippen molar-refractivity contribution in [3.8, 4) is 0 Å². The first-order valence-electron chi connectivity index (χ1n) is 7.70. The van der Waals surface area contributed by atoms with E-state index in [1.807, 2.05) is 6.92 Å². The predicted octanol–water partition coefficient (Wildman–Crippen LogP) is 2.91. The van der Waals surface area contributed by atoms with Crippen molar-refractivity contribution < 1.29 is 0 Å². The topological polar surface area (TPSA) is 67.1 Å². The van der Waals surface area contributed by atoms with E-state index in [-0.39, 0.29) is 0 Å². The van der Waals surface area contributed by atoms with E-state index in [0.717, 1.165) is 30.0 Å². The van der Waals surface area contributed by atoms with Crippen molar-refractivity contribution in [3.63, 3.8) is 0 Å². The number of aryl methyl sites for hydroxylation is 1. The van der Waals surface area contributed by atoms with E-state index in [9.17, 15) is 0 Å². The van der Waals surface area contributed by atoms with Crippen LogP contribution in [-0.2, 0) is 6.42 Å². The summed E-state index contributed by atoms with van der Waals surface area (Å²) in [5.74, 6) is 2.28. The summed E-state index contributed by atoms with van der Waals surface area (Å²) in [5.41, 5.74) is 10.4. The van der Waals surface area contributed by atoms with Gasteiger partial charge in [-0.25, -0.2) is 15.0 Å². The van der Waals surface area contributed by atoms with Crippen LogP contribution in [0.5, 0.6) is 0 Å². The molecule has 0 aromatic carbocycles. The van der Waals surface area contributed by atoms with Gasteiger partial charge in [-0.1, -0.05) is 13.3 Å². The zero-order chi connectivity index (χ0) is 14.7. The predicted molar refractivity (Wildman–Crippen MR) is 83.4 cm³/mol. The molecule has 0 saturated carbocycles. The highest BCUT2D eigenvalue weighted by Crippen LogP contribution is 2.25. The van der Waals surface area contributed by atoms with Crippen molar-refractivity contribution >= 4 is 11.6 Å². The van der Waals surface area contributed by atoms with Crippen LogP contribution in [0.3, 0.4) is 0 Å². The third kappa shape index (κ3) is 3.20. The molecular weight excluding hydrogens is 250 g/mol. The van der Waals surface area contributed by atoms with Crippen molar-refractivity contribution in [1.29, 1.82) is 0 Å². The number of nitrogen functional groups attached to an aromatic ring is 1. The molecule has 0 spiro atoms. The zero-order valence-electron chi connectivity index (χ0n) is 13.1. The smallest absolute Gasteiger partial charge is 0.149 e. The summed E-state index contributed by atoms with van der Waals surface area (Å²) in [7, 11) is 0. The van der Waals surface area contributed by atoms with Gasteiger partial charge in [0.25, 0.3) is 0 Å². The lowest BCUT2D eigenvalue weighted by atomic mass is 10.00. The molecule has 0 bridgehead atoms. The van der Waals surface area contributed by atoms with Gasteiger partial charge in [-0.2, -0.15) is 0 Å². The number of aromatic nitrogens is 2. The Hall–Kier alpha value is -1.36. The quantitative estimate of drug-likeness (QED) is 0.885. The van der Waals surface area contributed by atoms with Crippen LogP contribution in [0.25, 0.3) is 0 Å². The van der Waals surface area contributed by atoms with E-state index in [1.165, 1.54) is 19.3 Å². The van der Waals surface area contributed by atoms with Crippen molar-refractivity contribution in [2.45, 2.75) is 71.9 Å². The Kier molecular flexibility index (Phi) is 4.81. The molecule has 1 aliphatic heterocycles. The second-order valence-electron chi connectivity index (χ2n) is 5.90. The van der Waals surface area contributed by atoms with Gasteiger partial charge in [0.05, 0.1) is 0 Å². The highest BCUT2D eigenvalue weighted by atomic mass is 15.5. The van der Waals surface area contributed by atoms with Gasteiger partial charge in [-0.05, 0) is 40.0 Å². The number of hydrogen-bond donors (Lipinski definition) is 2. The van der Waals surface area contributed by atoms with E-state index in [1.54, 1.807) is 0 Å². The van der Waals surface area contributed by atoms with E-state index in [0.29, 0.717) is 17.9 Å². The fraction of sp³-hybridized carbons (Fsp3) is 0.733. The van der Waals surface area contributed by atoms with E-state index in [2.05, 4.69) is 41.2 Å². The Bertz CT molecular complexity index is 450. The van der Waals surface area contributed by atoms with Crippen LogP contribution in [0.15, 0.2) is 0 Å². The normalized spacial score (nSPS) is 23.8. The van der Waals surface area contributed by atoms with Crippen LogP contribution in [0.1, 0.15) is 57.8 Å². The molecule has 0 amide bonds. The van der Waals surface area contributed by atoms with Gasteiger partial charge in [0.15, 0.2) is 0 Å². The highest BCUT2D eigenvalue weighted by molar-refractivity contribution is 5.54. The molecule has 2 rings (SSSR count). The lowest BCUT2D eigenvalue weighted by Gasteiger charge is -2.39. The van der Waals surface area contributed by atoms with E-state index >= 15 is 0 Å². The Balaban J connectivity index is 2.23.